The molecule has 1 aromatic heterocycles. The van der Waals surface area contributed by atoms with Crippen LogP contribution >= 0.6 is 11.6 Å². The summed E-state index contributed by atoms with van der Waals surface area (Å²) >= 11 is 6.60. The quantitative estimate of drug-likeness (QED) is 0.233. The molecule has 0 atom stereocenters. The molecular formula is C38H25ClN2. The van der Waals surface area contributed by atoms with Crippen LogP contribution in [0.1, 0.15) is 0 Å². The first-order valence-electron chi connectivity index (χ1n) is 13.8. The third-order valence-electron chi connectivity index (χ3n) is 8.04. The summed E-state index contributed by atoms with van der Waals surface area (Å²) in [6.45, 7) is 0. The van der Waals surface area contributed by atoms with Gasteiger partial charge in [-0.25, -0.2) is 0 Å². The maximum Gasteiger partial charge on any atom is 0.0640 e. The Bertz CT molecular complexity index is 2230. The number of anilines is 2. The molecule has 194 valence electrons. The third-order valence-corrected chi connectivity index (χ3v) is 8.37. The Morgan fingerprint density at radius 3 is 1.90 bits per heavy atom. The summed E-state index contributed by atoms with van der Waals surface area (Å²) < 4.78 is 2.40. The van der Waals surface area contributed by atoms with Crippen molar-refractivity contribution in [1.82, 2.24) is 4.57 Å². The van der Waals surface area contributed by atoms with Gasteiger partial charge in [0.05, 0.1) is 21.7 Å². The maximum absolute atomic E-state index is 6.60. The van der Waals surface area contributed by atoms with E-state index in [2.05, 4.69) is 131 Å². The van der Waals surface area contributed by atoms with Gasteiger partial charge in [-0.05, 0) is 63.7 Å². The van der Waals surface area contributed by atoms with Gasteiger partial charge in [0.2, 0.25) is 0 Å². The van der Waals surface area contributed by atoms with Crippen molar-refractivity contribution in [2.45, 2.75) is 0 Å². The van der Waals surface area contributed by atoms with E-state index in [9.17, 15) is 0 Å². The van der Waals surface area contributed by atoms with Crippen LogP contribution < -0.4 is 5.32 Å². The standard InChI is InChI=1S/C38H25ClN2/c39-32-16-8-9-17-33(32)40-34-24-36-38(31-15-7-6-14-30(31)34)37-29-13-5-4-12-27(29)20-23-35(37)41(36)28-21-18-26(19-22-28)25-10-2-1-3-11-25/h1-24,40H. The van der Waals surface area contributed by atoms with E-state index in [1.807, 2.05) is 24.3 Å². The molecule has 3 heteroatoms. The monoisotopic (exact) mass is 544 g/mol. The fraction of sp³-hybridized carbons (Fsp3) is 0. The van der Waals surface area contributed by atoms with Crippen LogP contribution in [0.5, 0.6) is 0 Å². The second-order valence-corrected chi connectivity index (χ2v) is 10.8. The van der Waals surface area contributed by atoms with Crippen molar-refractivity contribution in [3.63, 3.8) is 0 Å². The molecule has 41 heavy (non-hydrogen) atoms. The normalized spacial score (nSPS) is 11.5. The van der Waals surface area contributed by atoms with Crippen molar-refractivity contribution in [3.8, 4) is 16.8 Å². The number of nitrogens with one attached hydrogen (secondary N) is 1. The number of fused-ring (bicyclic) bond motifs is 7. The molecule has 2 nitrogen and oxygen atoms in total. The average molecular weight is 545 g/mol. The third kappa shape index (κ3) is 3.88. The molecule has 7 aromatic carbocycles. The molecule has 1 heterocycles. The summed E-state index contributed by atoms with van der Waals surface area (Å²) in [6.07, 6.45) is 0. The highest BCUT2D eigenvalue weighted by molar-refractivity contribution is 6.34. The highest BCUT2D eigenvalue weighted by Crippen LogP contribution is 2.43. The minimum Gasteiger partial charge on any atom is -0.354 e. The van der Waals surface area contributed by atoms with Crippen LogP contribution in [0.4, 0.5) is 11.4 Å². The Morgan fingerprint density at radius 1 is 0.463 bits per heavy atom. The Kier molecular flexibility index (Phi) is 5.54. The van der Waals surface area contributed by atoms with Crippen molar-refractivity contribution in [3.05, 3.63) is 151 Å². The molecule has 0 aliphatic heterocycles. The van der Waals surface area contributed by atoms with Crippen LogP contribution in [0.25, 0.3) is 60.2 Å². The van der Waals surface area contributed by atoms with Gasteiger partial charge < -0.3 is 9.88 Å². The fourth-order valence-corrected chi connectivity index (χ4v) is 6.34. The Morgan fingerprint density at radius 2 is 1.10 bits per heavy atom. The van der Waals surface area contributed by atoms with E-state index in [1.54, 1.807) is 0 Å². The molecule has 0 amide bonds. The highest BCUT2D eigenvalue weighted by atomic mass is 35.5. The lowest BCUT2D eigenvalue weighted by Gasteiger charge is -2.14. The lowest BCUT2D eigenvalue weighted by atomic mass is 9.98. The zero-order valence-electron chi connectivity index (χ0n) is 22.2. The van der Waals surface area contributed by atoms with Gasteiger partial charge >= 0.3 is 0 Å². The molecule has 0 saturated carbocycles. The van der Waals surface area contributed by atoms with E-state index in [1.165, 1.54) is 43.6 Å². The van der Waals surface area contributed by atoms with Gasteiger partial charge in [-0.1, -0.05) is 121 Å². The second kappa shape index (κ2) is 9.55. The zero-order valence-corrected chi connectivity index (χ0v) is 22.9. The molecular weight excluding hydrogens is 520 g/mol. The van der Waals surface area contributed by atoms with Gasteiger partial charge in [0.15, 0.2) is 0 Å². The van der Waals surface area contributed by atoms with Gasteiger partial charge in [0.25, 0.3) is 0 Å². The minimum atomic E-state index is 0.694. The van der Waals surface area contributed by atoms with Crippen molar-refractivity contribution in [2.24, 2.45) is 0 Å². The number of rotatable bonds is 4. The number of nitrogens with zero attached hydrogens (tertiary/aromatic N) is 1. The van der Waals surface area contributed by atoms with Gasteiger partial charge in [-0.15, -0.1) is 0 Å². The van der Waals surface area contributed by atoms with Gasteiger partial charge in [0, 0.05) is 27.5 Å². The van der Waals surface area contributed by atoms with Crippen molar-refractivity contribution in [2.75, 3.05) is 5.32 Å². The second-order valence-electron chi connectivity index (χ2n) is 10.4. The van der Waals surface area contributed by atoms with Crippen LogP contribution in [0.2, 0.25) is 5.02 Å². The van der Waals surface area contributed by atoms with Crippen LogP contribution in [0.15, 0.2) is 146 Å². The van der Waals surface area contributed by atoms with E-state index in [0.717, 1.165) is 28.0 Å². The summed E-state index contributed by atoms with van der Waals surface area (Å²) in [5.41, 5.74) is 7.79. The van der Waals surface area contributed by atoms with Gasteiger partial charge in [0.1, 0.15) is 0 Å². The minimum absolute atomic E-state index is 0.694. The molecule has 0 radical (unpaired) electrons. The molecule has 0 saturated heterocycles. The molecule has 0 fully saturated rings. The lowest BCUT2D eigenvalue weighted by Crippen LogP contribution is -1.96. The maximum atomic E-state index is 6.60. The Balaban J connectivity index is 1.47. The number of hydrogen-bond acceptors (Lipinski definition) is 1. The summed E-state index contributed by atoms with van der Waals surface area (Å²) in [4.78, 5) is 0. The predicted molar refractivity (Wildman–Crippen MR) is 176 cm³/mol. The van der Waals surface area contributed by atoms with Crippen molar-refractivity contribution >= 4 is 66.3 Å². The molecule has 0 bridgehead atoms. The smallest absolute Gasteiger partial charge is 0.0640 e. The predicted octanol–water partition coefficient (Wildman–Crippen LogP) is 11.2. The molecule has 0 unspecified atom stereocenters. The van der Waals surface area contributed by atoms with Crippen molar-refractivity contribution < 1.29 is 0 Å². The van der Waals surface area contributed by atoms with E-state index >= 15 is 0 Å². The van der Waals surface area contributed by atoms with E-state index in [4.69, 9.17) is 11.6 Å². The Hall–Kier alpha value is -5.05. The SMILES string of the molecule is Clc1ccccc1Nc1cc2c(c3ccccc13)c1c3ccccc3ccc1n2-c1ccc(-c2ccccc2)cc1. The summed E-state index contributed by atoms with van der Waals surface area (Å²) in [7, 11) is 0. The molecule has 0 spiro atoms. The number of aromatic nitrogens is 1. The van der Waals surface area contributed by atoms with E-state index in [0.29, 0.717) is 5.02 Å². The molecule has 0 aliphatic rings. The number of hydrogen-bond donors (Lipinski definition) is 1. The first-order valence-corrected chi connectivity index (χ1v) is 14.2. The molecule has 8 aromatic rings. The van der Waals surface area contributed by atoms with Crippen LogP contribution in [0, 0.1) is 0 Å². The molecule has 8 rings (SSSR count). The number of halogens is 1. The zero-order chi connectivity index (χ0) is 27.3. The van der Waals surface area contributed by atoms with Gasteiger partial charge in [-0.2, -0.15) is 0 Å². The van der Waals surface area contributed by atoms with E-state index < -0.39 is 0 Å². The molecule has 0 aliphatic carbocycles. The van der Waals surface area contributed by atoms with Gasteiger partial charge in [-0.3, -0.25) is 0 Å². The Labute approximate surface area is 243 Å². The van der Waals surface area contributed by atoms with Crippen molar-refractivity contribution in [1.29, 1.82) is 0 Å². The lowest BCUT2D eigenvalue weighted by molar-refractivity contribution is 1.18. The van der Waals surface area contributed by atoms with Crippen LogP contribution in [-0.2, 0) is 0 Å². The molecule has 1 N–H and O–H groups in total. The number of para-hydroxylation sites is 1. The van der Waals surface area contributed by atoms with E-state index in [-0.39, 0.29) is 0 Å². The van der Waals surface area contributed by atoms with Crippen LogP contribution in [-0.4, -0.2) is 4.57 Å². The highest BCUT2D eigenvalue weighted by Gasteiger charge is 2.19. The summed E-state index contributed by atoms with van der Waals surface area (Å²) in [5, 5.41) is 11.7. The first kappa shape index (κ1) is 23.8. The largest absolute Gasteiger partial charge is 0.354 e. The summed E-state index contributed by atoms with van der Waals surface area (Å²) in [5.74, 6) is 0. The fourth-order valence-electron chi connectivity index (χ4n) is 6.16. The summed E-state index contributed by atoms with van der Waals surface area (Å²) in [6, 6.07) is 51.4. The average Bonchev–Trinajstić information content (AvgIpc) is 3.37. The van der Waals surface area contributed by atoms with Crippen LogP contribution in [0.3, 0.4) is 0 Å². The number of benzene rings is 7. The topological polar surface area (TPSA) is 17.0 Å². The first-order chi connectivity index (χ1) is 20.3.